The van der Waals surface area contributed by atoms with Crippen LogP contribution in [0.15, 0.2) is 54.9 Å². The van der Waals surface area contributed by atoms with E-state index < -0.39 is 0 Å². The summed E-state index contributed by atoms with van der Waals surface area (Å²) in [6, 6.07) is 14.5. The van der Waals surface area contributed by atoms with Gasteiger partial charge in [0.25, 0.3) is 0 Å². The number of carbonyl (C=O) groups excluding carboxylic acids is 2. The Hall–Kier alpha value is -4.20. The number of imidazole rings is 1. The minimum absolute atomic E-state index is 0.0110. The highest BCUT2D eigenvalue weighted by Crippen LogP contribution is 2.37. The van der Waals surface area contributed by atoms with Gasteiger partial charge in [0, 0.05) is 49.3 Å². The van der Waals surface area contributed by atoms with Crippen molar-refractivity contribution in [3.8, 4) is 22.5 Å². The fourth-order valence-corrected chi connectivity index (χ4v) is 4.88. The lowest BCUT2D eigenvalue weighted by molar-refractivity contribution is -0.129. The molecule has 0 saturated carbocycles. The van der Waals surface area contributed by atoms with Crippen LogP contribution in [0.4, 0.5) is 11.5 Å². The molecule has 35 heavy (non-hydrogen) atoms. The van der Waals surface area contributed by atoms with Gasteiger partial charge in [-0.2, -0.15) is 0 Å². The number of anilines is 2. The van der Waals surface area contributed by atoms with E-state index >= 15 is 0 Å². The van der Waals surface area contributed by atoms with Crippen LogP contribution in [0.2, 0.25) is 0 Å². The molecule has 0 bridgehead atoms. The van der Waals surface area contributed by atoms with Gasteiger partial charge in [-0.25, -0.2) is 9.97 Å². The van der Waals surface area contributed by atoms with Crippen LogP contribution in [-0.4, -0.2) is 57.8 Å². The van der Waals surface area contributed by atoms with Gasteiger partial charge in [0.15, 0.2) is 11.5 Å². The SMILES string of the molecule is CCc1ccc(-c2nc3c(N4CCN(C)C(=O)C4)nccn3c2-c2ccc3c(c2)CC(=O)N3)cc1. The van der Waals surface area contributed by atoms with Crippen molar-refractivity contribution in [1.29, 1.82) is 0 Å². The lowest BCUT2D eigenvalue weighted by atomic mass is 10.0. The summed E-state index contributed by atoms with van der Waals surface area (Å²) in [7, 11) is 1.83. The van der Waals surface area contributed by atoms with Crippen molar-refractivity contribution in [3.05, 3.63) is 66.0 Å². The van der Waals surface area contributed by atoms with E-state index in [-0.39, 0.29) is 18.4 Å². The lowest BCUT2D eigenvalue weighted by Gasteiger charge is -2.32. The third-order valence-electron chi connectivity index (χ3n) is 6.92. The molecule has 2 amide bonds. The Morgan fingerprint density at radius 1 is 1.03 bits per heavy atom. The molecule has 4 heterocycles. The van der Waals surface area contributed by atoms with Crippen LogP contribution in [0.1, 0.15) is 18.1 Å². The van der Waals surface area contributed by atoms with Crippen LogP contribution in [0.25, 0.3) is 28.2 Å². The molecule has 2 aliphatic rings. The standard InChI is InChI=1S/C27H26N6O2/c1-3-17-4-6-18(7-5-17)24-25(19-8-9-21-20(14-19)15-22(34)29-21)33-11-10-28-26(27(33)30-24)32-13-12-31(2)23(35)16-32/h4-11,14H,3,12-13,15-16H2,1-2H3,(H,29,34). The highest BCUT2D eigenvalue weighted by molar-refractivity contribution is 6.00. The zero-order valence-corrected chi connectivity index (χ0v) is 19.8. The van der Waals surface area contributed by atoms with Crippen LogP contribution in [-0.2, 0) is 22.4 Å². The zero-order chi connectivity index (χ0) is 24.1. The van der Waals surface area contributed by atoms with Crippen molar-refractivity contribution in [1.82, 2.24) is 19.3 Å². The van der Waals surface area contributed by atoms with Crippen molar-refractivity contribution in [2.24, 2.45) is 0 Å². The van der Waals surface area contributed by atoms with Gasteiger partial charge >= 0.3 is 0 Å². The second-order valence-corrected chi connectivity index (χ2v) is 9.14. The third kappa shape index (κ3) is 3.62. The number of nitrogens with one attached hydrogen (secondary N) is 1. The molecule has 4 aromatic rings. The van der Waals surface area contributed by atoms with Gasteiger partial charge in [-0.3, -0.25) is 14.0 Å². The van der Waals surface area contributed by atoms with Gasteiger partial charge in [0.1, 0.15) is 0 Å². The average Bonchev–Trinajstić information content (AvgIpc) is 3.45. The molecule has 0 unspecified atom stereocenters. The number of benzene rings is 2. The second kappa shape index (κ2) is 8.23. The Bertz CT molecular complexity index is 1470. The summed E-state index contributed by atoms with van der Waals surface area (Å²) in [4.78, 5) is 37.9. The number of nitrogens with zero attached hydrogens (tertiary/aromatic N) is 5. The summed E-state index contributed by atoms with van der Waals surface area (Å²) < 4.78 is 2.06. The molecule has 2 aromatic carbocycles. The van der Waals surface area contributed by atoms with Crippen LogP contribution < -0.4 is 10.2 Å². The van der Waals surface area contributed by atoms with Crippen LogP contribution in [0, 0.1) is 0 Å². The van der Waals surface area contributed by atoms with E-state index in [4.69, 9.17) is 4.98 Å². The number of aromatic nitrogens is 3. The molecule has 1 saturated heterocycles. The monoisotopic (exact) mass is 466 g/mol. The minimum atomic E-state index is 0.0110. The maximum Gasteiger partial charge on any atom is 0.241 e. The Morgan fingerprint density at radius 2 is 1.83 bits per heavy atom. The quantitative estimate of drug-likeness (QED) is 0.499. The molecule has 0 radical (unpaired) electrons. The first-order chi connectivity index (χ1) is 17.0. The molecule has 176 valence electrons. The normalized spacial score (nSPS) is 15.6. The van der Waals surface area contributed by atoms with Gasteiger partial charge in [-0.15, -0.1) is 0 Å². The molecule has 1 fully saturated rings. The highest BCUT2D eigenvalue weighted by atomic mass is 16.2. The molecule has 0 spiro atoms. The van der Waals surface area contributed by atoms with E-state index in [1.54, 1.807) is 11.1 Å². The molecular weight excluding hydrogens is 440 g/mol. The number of amides is 2. The molecule has 8 nitrogen and oxygen atoms in total. The largest absolute Gasteiger partial charge is 0.342 e. The van der Waals surface area contributed by atoms with Crippen LogP contribution in [0.3, 0.4) is 0 Å². The summed E-state index contributed by atoms with van der Waals surface area (Å²) in [6.45, 7) is 3.76. The van der Waals surface area contributed by atoms with E-state index in [2.05, 4.69) is 52.0 Å². The molecule has 6 rings (SSSR count). The van der Waals surface area contributed by atoms with Crippen molar-refractivity contribution in [3.63, 3.8) is 0 Å². The lowest BCUT2D eigenvalue weighted by Crippen LogP contribution is -2.49. The minimum Gasteiger partial charge on any atom is -0.342 e. The second-order valence-electron chi connectivity index (χ2n) is 9.14. The first kappa shape index (κ1) is 21.3. The highest BCUT2D eigenvalue weighted by Gasteiger charge is 2.27. The fraction of sp³-hybridized carbons (Fsp3) is 0.259. The van der Waals surface area contributed by atoms with Crippen molar-refractivity contribution in [2.75, 3.05) is 36.9 Å². The van der Waals surface area contributed by atoms with Crippen molar-refractivity contribution in [2.45, 2.75) is 19.8 Å². The number of rotatable bonds is 4. The van der Waals surface area contributed by atoms with Gasteiger partial charge in [-0.1, -0.05) is 37.3 Å². The fourth-order valence-electron chi connectivity index (χ4n) is 4.88. The van der Waals surface area contributed by atoms with Gasteiger partial charge in [0.05, 0.1) is 24.4 Å². The van der Waals surface area contributed by atoms with Crippen LogP contribution in [0.5, 0.6) is 0 Å². The first-order valence-corrected chi connectivity index (χ1v) is 11.9. The number of hydrogen-bond donors (Lipinski definition) is 1. The Balaban J connectivity index is 1.55. The molecule has 0 aliphatic carbocycles. The molecule has 2 aromatic heterocycles. The van der Waals surface area contributed by atoms with E-state index in [0.29, 0.717) is 31.0 Å². The van der Waals surface area contributed by atoms with Gasteiger partial charge in [0.2, 0.25) is 11.8 Å². The maximum atomic E-state index is 12.4. The topological polar surface area (TPSA) is 82.8 Å². The van der Waals surface area contributed by atoms with E-state index in [1.165, 1.54) is 5.56 Å². The molecule has 8 heteroatoms. The number of fused-ring (bicyclic) bond motifs is 2. The smallest absolute Gasteiger partial charge is 0.241 e. The Kier molecular flexibility index (Phi) is 5.02. The summed E-state index contributed by atoms with van der Waals surface area (Å²) in [5.41, 5.74) is 7.59. The molecule has 0 atom stereocenters. The van der Waals surface area contributed by atoms with Crippen LogP contribution >= 0.6 is 0 Å². The van der Waals surface area contributed by atoms with E-state index in [0.717, 1.165) is 40.2 Å². The summed E-state index contributed by atoms with van der Waals surface area (Å²) in [6.07, 6.45) is 5.02. The van der Waals surface area contributed by atoms with Gasteiger partial charge < -0.3 is 15.1 Å². The van der Waals surface area contributed by atoms with Crippen molar-refractivity contribution < 1.29 is 9.59 Å². The summed E-state index contributed by atoms with van der Waals surface area (Å²) in [5, 5.41) is 2.91. The number of piperazine rings is 1. The number of hydrogen-bond acceptors (Lipinski definition) is 5. The summed E-state index contributed by atoms with van der Waals surface area (Å²) in [5.74, 6) is 0.777. The number of likely N-dealkylation sites (N-methyl/N-ethyl adjacent to an activating group) is 1. The summed E-state index contributed by atoms with van der Waals surface area (Å²) >= 11 is 0. The third-order valence-corrected chi connectivity index (χ3v) is 6.92. The zero-order valence-electron chi connectivity index (χ0n) is 19.8. The number of aryl methyl sites for hydroxylation is 1. The Labute approximate surface area is 203 Å². The average molecular weight is 467 g/mol. The van der Waals surface area contributed by atoms with E-state index in [9.17, 15) is 9.59 Å². The van der Waals surface area contributed by atoms with Crippen molar-refractivity contribution >= 4 is 29.0 Å². The Morgan fingerprint density at radius 3 is 2.60 bits per heavy atom. The number of carbonyl (C=O) groups is 2. The van der Waals surface area contributed by atoms with Gasteiger partial charge in [-0.05, 0) is 29.7 Å². The van der Waals surface area contributed by atoms with E-state index in [1.807, 2.05) is 30.3 Å². The predicted octanol–water partition coefficient (Wildman–Crippen LogP) is 3.40. The molecule has 1 N–H and O–H groups in total. The first-order valence-electron chi connectivity index (χ1n) is 11.9. The molecule has 2 aliphatic heterocycles. The maximum absolute atomic E-state index is 12.4. The predicted molar refractivity (Wildman–Crippen MR) is 135 cm³/mol. The molecular formula is C27H26N6O2.